The van der Waals surface area contributed by atoms with E-state index in [0.717, 1.165) is 9.75 Å². The highest BCUT2D eigenvalue weighted by molar-refractivity contribution is 7.12. The van der Waals surface area contributed by atoms with Gasteiger partial charge in [0.05, 0.1) is 20.6 Å². The zero-order chi connectivity index (χ0) is 21.6. The maximum absolute atomic E-state index is 12.3. The smallest absolute Gasteiger partial charge is 0.307 e. The molecule has 0 saturated carbocycles. The first-order valence-corrected chi connectivity index (χ1v) is 9.89. The minimum Gasteiger partial charge on any atom is -0.493 e. The Kier molecular flexibility index (Phi) is 7.78. The third kappa shape index (κ3) is 6.05. The van der Waals surface area contributed by atoms with E-state index in [1.54, 1.807) is 29.5 Å². The molecule has 1 aromatic heterocycles. The van der Waals surface area contributed by atoms with Crippen molar-refractivity contribution in [2.45, 2.75) is 39.7 Å². The summed E-state index contributed by atoms with van der Waals surface area (Å²) < 4.78 is 15.5. The van der Waals surface area contributed by atoms with Crippen molar-refractivity contribution in [2.75, 3.05) is 19.5 Å². The molecule has 0 fully saturated rings. The molecule has 29 heavy (non-hydrogen) atoms. The number of ketones is 1. The highest BCUT2D eigenvalue weighted by Gasteiger charge is 2.20. The quantitative estimate of drug-likeness (QED) is 0.489. The van der Waals surface area contributed by atoms with Gasteiger partial charge in [0, 0.05) is 33.5 Å². The number of hydrogen-bond acceptors (Lipinski definition) is 7. The number of benzene rings is 1. The highest BCUT2D eigenvalue weighted by Crippen LogP contribution is 2.29. The van der Waals surface area contributed by atoms with Gasteiger partial charge >= 0.3 is 5.97 Å². The SMILES string of the molecule is COc1ccc(NC(=O)[C@@H](C)OC(=O)CCC(=O)c2cc(C)sc2C)cc1OC. The van der Waals surface area contributed by atoms with E-state index in [-0.39, 0.29) is 18.6 Å². The molecule has 0 spiro atoms. The van der Waals surface area contributed by atoms with Crippen LogP contribution < -0.4 is 14.8 Å². The lowest BCUT2D eigenvalue weighted by atomic mass is 10.1. The summed E-state index contributed by atoms with van der Waals surface area (Å²) in [6, 6.07) is 6.74. The molecule has 7 nitrogen and oxygen atoms in total. The third-order valence-electron chi connectivity index (χ3n) is 4.23. The van der Waals surface area contributed by atoms with E-state index in [4.69, 9.17) is 14.2 Å². The normalized spacial score (nSPS) is 11.5. The van der Waals surface area contributed by atoms with Gasteiger partial charge < -0.3 is 19.5 Å². The zero-order valence-corrected chi connectivity index (χ0v) is 18.0. The van der Waals surface area contributed by atoms with Gasteiger partial charge in [0.2, 0.25) is 0 Å². The monoisotopic (exact) mass is 419 g/mol. The number of rotatable bonds is 9. The summed E-state index contributed by atoms with van der Waals surface area (Å²) in [5.74, 6) is -0.191. The lowest BCUT2D eigenvalue weighted by Crippen LogP contribution is -2.30. The van der Waals surface area contributed by atoms with E-state index in [1.165, 1.54) is 21.1 Å². The number of ether oxygens (including phenoxy) is 3. The lowest BCUT2D eigenvalue weighted by molar-refractivity contribution is -0.153. The van der Waals surface area contributed by atoms with Gasteiger partial charge in [-0.2, -0.15) is 0 Å². The number of amides is 1. The molecule has 0 radical (unpaired) electrons. The van der Waals surface area contributed by atoms with Crippen LogP contribution in [-0.2, 0) is 14.3 Å². The molecule has 0 unspecified atom stereocenters. The molecule has 8 heteroatoms. The van der Waals surface area contributed by atoms with Crippen LogP contribution in [0.1, 0.15) is 39.9 Å². The molecule has 156 valence electrons. The number of nitrogens with one attached hydrogen (secondary N) is 1. The number of anilines is 1. The van der Waals surface area contributed by atoms with E-state index < -0.39 is 18.0 Å². The fourth-order valence-electron chi connectivity index (χ4n) is 2.73. The molecule has 1 N–H and O–H groups in total. The molecule has 0 aliphatic heterocycles. The maximum Gasteiger partial charge on any atom is 0.307 e. The number of aryl methyl sites for hydroxylation is 2. The molecule has 2 rings (SSSR count). The first kappa shape index (κ1) is 22.4. The Hall–Kier alpha value is -2.87. The van der Waals surface area contributed by atoms with Gasteiger partial charge in [0.15, 0.2) is 23.4 Å². The van der Waals surface area contributed by atoms with Crippen molar-refractivity contribution < 1.29 is 28.6 Å². The first-order chi connectivity index (χ1) is 13.7. The summed E-state index contributed by atoms with van der Waals surface area (Å²) in [7, 11) is 3.01. The second-order valence-corrected chi connectivity index (χ2v) is 7.90. The zero-order valence-electron chi connectivity index (χ0n) is 17.2. The van der Waals surface area contributed by atoms with Crippen molar-refractivity contribution in [3.05, 3.63) is 39.6 Å². The number of methoxy groups -OCH3 is 2. The summed E-state index contributed by atoms with van der Waals surface area (Å²) in [5.41, 5.74) is 1.12. The number of thiophene rings is 1. The average molecular weight is 419 g/mol. The number of esters is 1. The van der Waals surface area contributed by atoms with Crippen molar-refractivity contribution in [3.8, 4) is 11.5 Å². The molecule has 0 aliphatic carbocycles. The Morgan fingerprint density at radius 3 is 2.31 bits per heavy atom. The predicted molar refractivity (Wildman–Crippen MR) is 111 cm³/mol. The molecule has 1 amide bonds. The van der Waals surface area contributed by atoms with Crippen LogP contribution in [0.3, 0.4) is 0 Å². The van der Waals surface area contributed by atoms with Gasteiger partial charge in [-0.15, -0.1) is 11.3 Å². The molecule has 0 bridgehead atoms. The summed E-state index contributed by atoms with van der Waals surface area (Å²) in [6.07, 6.45) is -1.04. The van der Waals surface area contributed by atoms with Crippen molar-refractivity contribution >= 4 is 34.7 Å². The minimum absolute atomic E-state index is 0.0415. The fraction of sp³-hybridized carbons (Fsp3) is 0.381. The summed E-state index contributed by atoms with van der Waals surface area (Å²) in [4.78, 5) is 38.6. The maximum atomic E-state index is 12.3. The molecule has 0 aliphatic rings. The Labute approximate surface area is 174 Å². The second-order valence-electron chi connectivity index (χ2n) is 6.44. The van der Waals surface area contributed by atoms with Crippen molar-refractivity contribution in [1.29, 1.82) is 0 Å². The molecule has 1 heterocycles. The Bertz CT molecular complexity index is 905. The molecular weight excluding hydrogens is 394 g/mol. The van der Waals surface area contributed by atoms with Crippen LogP contribution in [0, 0.1) is 13.8 Å². The van der Waals surface area contributed by atoms with E-state index in [1.807, 2.05) is 19.9 Å². The summed E-state index contributed by atoms with van der Waals surface area (Å²) in [5, 5.41) is 2.66. The second kappa shape index (κ2) is 10.1. The molecule has 1 atom stereocenters. The molecule has 2 aromatic rings. The van der Waals surface area contributed by atoms with Gasteiger partial charge in [-0.25, -0.2) is 0 Å². The Morgan fingerprint density at radius 2 is 1.72 bits per heavy atom. The predicted octanol–water partition coefficient (Wildman–Crippen LogP) is 3.92. The van der Waals surface area contributed by atoms with Crippen molar-refractivity contribution in [2.24, 2.45) is 0 Å². The number of hydrogen-bond donors (Lipinski definition) is 1. The first-order valence-electron chi connectivity index (χ1n) is 9.07. The van der Waals surface area contributed by atoms with Crippen LogP contribution in [0.5, 0.6) is 11.5 Å². The third-order valence-corrected chi connectivity index (χ3v) is 5.19. The van der Waals surface area contributed by atoms with Crippen LogP contribution in [0.25, 0.3) is 0 Å². The van der Waals surface area contributed by atoms with Crippen molar-refractivity contribution in [1.82, 2.24) is 0 Å². The standard InChI is InChI=1S/C21H25NO6S/c1-12-10-16(14(3)29-12)17(23)7-9-20(24)28-13(2)21(25)22-15-6-8-18(26-4)19(11-15)27-5/h6,8,10-11,13H,7,9H2,1-5H3,(H,22,25)/t13-/m1/s1. The summed E-state index contributed by atoms with van der Waals surface area (Å²) >= 11 is 1.55. The lowest BCUT2D eigenvalue weighted by Gasteiger charge is -2.15. The molecule has 0 saturated heterocycles. The number of carbonyl (C=O) groups is 3. The van der Waals surface area contributed by atoms with E-state index in [2.05, 4.69) is 5.32 Å². The van der Waals surface area contributed by atoms with Crippen LogP contribution >= 0.6 is 11.3 Å². The van der Waals surface area contributed by atoms with Gasteiger partial charge in [0.1, 0.15) is 0 Å². The Balaban J connectivity index is 1.86. The van der Waals surface area contributed by atoms with Crippen LogP contribution in [0.2, 0.25) is 0 Å². The largest absolute Gasteiger partial charge is 0.493 e. The van der Waals surface area contributed by atoms with Crippen LogP contribution in [0.4, 0.5) is 5.69 Å². The molecular formula is C21H25NO6S. The van der Waals surface area contributed by atoms with E-state index >= 15 is 0 Å². The van der Waals surface area contributed by atoms with Crippen LogP contribution in [-0.4, -0.2) is 38.0 Å². The van der Waals surface area contributed by atoms with Gasteiger partial charge in [-0.05, 0) is 39.0 Å². The average Bonchev–Trinajstić information content (AvgIpc) is 3.03. The topological polar surface area (TPSA) is 90.9 Å². The number of Topliss-reactive ketones (excluding diaryl/α,β-unsaturated/α-hetero) is 1. The van der Waals surface area contributed by atoms with Crippen molar-refractivity contribution in [3.63, 3.8) is 0 Å². The summed E-state index contributed by atoms with van der Waals surface area (Å²) in [6.45, 7) is 5.29. The Morgan fingerprint density at radius 1 is 1.03 bits per heavy atom. The van der Waals surface area contributed by atoms with Crippen LogP contribution in [0.15, 0.2) is 24.3 Å². The van der Waals surface area contributed by atoms with E-state index in [9.17, 15) is 14.4 Å². The van der Waals surface area contributed by atoms with Gasteiger partial charge in [-0.3, -0.25) is 14.4 Å². The highest BCUT2D eigenvalue weighted by atomic mass is 32.1. The van der Waals surface area contributed by atoms with Gasteiger partial charge in [-0.1, -0.05) is 0 Å². The molecule has 1 aromatic carbocycles. The fourth-order valence-corrected chi connectivity index (χ4v) is 3.67. The number of carbonyl (C=O) groups excluding carboxylic acids is 3. The minimum atomic E-state index is -1.00. The van der Waals surface area contributed by atoms with Gasteiger partial charge in [0.25, 0.3) is 5.91 Å². The van der Waals surface area contributed by atoms with E-state index in [0.29, 0.717) is 22.7 Å².